The first-order valence-corrected chi connectivity index (χ1v) is 7.49. The molecular formula is C16H21N3O5. The summed E-state index contributed by atoms with van der Waals surface area (Å²) in [5.74, 6) is -0.475. The molecule has 1 amide bonds. The predicted molar refractivity (Wildman–Crippen MR) is 88.1 cm³/mol. The normalized spacial score (nSPS) is 11.3. The third-order valence-corrected chi connectivity index (χ3v) is 3.20. The zero-order chi connectivity index (χ0) is 17.9. The number of aromatic amines is 1. The first-order chi connectivity index (χ1) is 11.2. The van der Waals surface area contributed by atoms with Crippen LogP contribution in [0.25, 0.3) is 11.0 Å². The van der Waals surface area contributed by atoms with E-state index in [0.717, 1.165) is 0 Å². The molecule has 2 N–H and O–H groups in total. The van der Waals surface area contributed by atoms with E-state index in [1.807, 2.05) is 0 Å². The molecule has 0 aliphatic carbocycles. The molecule has 2 aromatic rings. The van der Waals surface area contributed by atoms with Gasteiger partial charge in [0.15, 0.2) is 0 Å². The number of ether oxygens (including phenoxy) is 2. The number of hydrogen-bond donors (Lipinski definition) is 2. The van der Waals surface area contributed by atoms with Crippen molar-refractivity contribution in [1.82, 2.24) is 14.9 Å². The Bertz CT molecular complexity index is 813. The van der Waals surface area contributed by atoms with Gasteiger partial charge in [-0.15, -0.1) is 0 Å². The molecule has 0 saturated carbocycles. The molecule has 0 aliphatic heterocycles. The van der Waals surface area contributed by atoms with E-state index in [1.54, 1.807) is 39.0 Å². The zero-order valence-electron chi connectivity index (χ0n) is 14.1. The largest absolute Gasteiger partial charge is 0.465 e. The highest BCUT2D eigenvalue weighted by atomic mass is 16.6. The van der Waals surface area contributed by atoms with Gasteiger partial charge in [-0.25, -0.2) is 14.4 Å². The lowest BCUT2D eigenvalue weighted by Gasteiger charge is -2.19. The van der Waals surface area contributed by atoms with Gasteiger partial charge in [-0.05, 0) is 39.0 Å². The number of benzene rings is 1. The van der Waals surface area contributed by atoms with Crippen LogP contribution in [0.4, 0.5) is 4.79 Å². The maximum Gasteiger partial charge on any atom is 0.407 e. The van der Waals surface area contributed by atoms with Crippen LogP contribution in [0.15, 0.2) is 23.0 Å². The highest BCUT2D eigenvalue weighted by Crippen LogP contribution is 2.13. The molecule has 0 bridgehead atoms. The van der Waals surface area contributed by atoms with Gasteiger partial charge in [0.25, 0.3) is 0 Å². The summed E-state index contributed by atoms with van der Waals surface area (Å²) in [5.41, 5.74) is 0.619. The second-order valence-corrected chi connectivity index (χ2v) is 6.23. The van der Waals surface area contributed by atoms with Crippen molar-refractivity contribution >= 4 is 23.1 Å². The van der Waals surface area contributed by atoms with E-state index in [-0.39, 0.29) is 18.8 Å². The third-order valence-electron chi connectivity index (χ3n) is 3.20. The molecule has 24 heavy (non-hydrogen) atoms. The van der Waals surface area contributed by atoms with Crippen LogP contribution in [-0.4, -0.2) is 40.9 Å². The molecule has 0 radical (unpaired) electrons. The molecule has 8 nitrogen and oxygen atoms in total. The van der Waals surface area contributed by atoms with Crippen molar-refractivity contribution in [3.63, 3.8) is 0 Å². The van der Waals surface area contributed by atoms with Crippen molar-refractivity contribution in [2.75, 3.05) is 13.7 Å². The summed E-state index contributed by atoms with van der Waals surface area (Å²) in [7, 11) is 1.29. The SMILES string of the molecule is COC(=O)c1ccc2c(c1)[nH]c(=O)n2CCNC(=O)OC(C)(C)C. The van der Waals surface area contributed by atoms with Crippen LogP contribution in [0.2, 0.25) is 0 Å². The second-order valence-electron chi connectivity index (χ2n) is 6.23. The maximum atomic E-state index is 12.0. The molecule has 0 fully saturated rings. The molecule has 0 aliphatic rings. The minimum atomic E-state index is -0.577. The third kappa shape index (κ3) is 4.15. The van der Waals surface area contributed by atoms with E-state index in [1.165, 1.54) is 11.7 Å². The lowest BCUT2D eigenvalue weighted by atomic mass is 10.2. The topological polar surface area (TPSA) is 102 Å². The van der Waals surface area contributed by atoms with E-state index >= 15 is 0 Å². The summed E-state index contributed by atoms with van der Waals surface area (Å²) in [6.45, 7) is 5.83. The number of carbonyl (C=O) groups excluding carboxylic acids is 2. The Kier molecular flexibility index (Phi) is 4.96. The standard InChI is InChI=1S/C16H21N3O5/c1-16(2,3)24-15(22)17-7-8-19-12-6-5-10(13(20)23-4)9-11(12)18-14(19)21/h5-6,9H,7-8H2,1-4H3,(H,17,22)(H,18,21). The Morgan fingerprint density at radius 2 is 2.00 bits per heavy atom. The Hall–Kier alpha value is -2.77. The number of hydrogen-bond acceptors (Lipinski definition) is 5. The van der Waals surface area contributed by atoms with Crippen LogP contribution in [-0.2, 0) is 16.0 Å². The Morgan fingerprint density at radius 3 is 2.62 bits per heavy atom. The van der Waals surface area contributed by atoms with Crippen LogP contribution >= 0.6 is 0 Å². The lowest BCUT2D eigenvalue weighted by molar-refractivity contribution is 0.0524. The van der Waals surface area contributed by atoms with Gasteiger partial charge in [-0.3, -0.25) is 4.57 Å². The molecule has 0 saturated heterocycles. The van der Waals surface area contributed by atoms with E-state index < -0.39 is 17.7 Å². The summed E-state index contributed by atoms with van der Waals surface area (Å²) >= 11 is 0. The van der Waals surface area contributed by atoms with Crippen molar-refractivity contribution in [3.05, 3.63) is 34.2 Å². The van der Waals surface area contributed by atoms with Gasteiger partial charge < -0.3 is 19.8 Å². The quantitative estimate of drug-likeness (QED) is 0.827. The van der Waals surface area contributed by atoms with Crippen molar-refractivity contribution in [2.45, 2.75) is 32.9 Å². The Balaban J connectivity index is 2.10. The molecular weight excluding hydrogens is 314 g/mol. The van der Waals surface area contributed by atoms with Gasteiger partial charge >= 0.3 is 17.8 Å². The highest BCUT2D eigenvalue weighted by Gasteiger charge is 2.16. The number of rotatable bonds is 4. The van der Waals surface area contributed by atoms with Crippen LogP contribution in [0.1, 0.15) is 31.1 Å². The molecule has 1 aromatic heterocycles. The second kappa shape index (κ2) is 6.77. The fourth-order valence-electron chi connectivity index (χ4n) is 2.21. The van der Waals surface area contributed by atoms with Gasteiger partial charge in [0.2, 0.25) is 0 Å². The van der Waals surface area contributed by atoms with E-state index in [4.69, 9.17) is 4.74 Å². The van der Waals surface area contributed by atoms with Gasteiger partial charge in [-0.2, -0.15) is 0 Å². The number of nitrogens with one attached hydrogen (secondary N) is 2. The van der Waals surface area contributed by atoms with Crippen LogP contribution in [0.5, 0.6) is 0 Å². The predicted octanol–water partition coefficient (Wildman–Crippen LogP) is 1.64. The maximum absolute atomic E-state index is 12.0. The fraction of sp³-hybridized carbons (Fsp3) is 0.438. The molecule has 0 spiro atoms. The van der Waals surface area contributed by atoms with E-state index in [9.17, 15) is 14.4 Å². The number of methoxy groups -OCH3 is 1. The summed E-state index contributed by atoms with van der Waals surface area (Å²) in [6, 6.07) is 4.80. The van der Waals surface area contributed by atoms with E-state index in [2.05, 4.69) is 15.0 Å². The number of esters is 1. The number of alkyl carbamates (subject to hydrolysis) is 1. The van der Waals surface area contributed by atoms with E-state index in [0.29, 0.717) is 16.6 Å². The number of H-pyrrole nitrogens is 1. The average molecular weight is 335 g/mol. The molecule has 8 heteroatoms. The number of nitrogens with zero attached hydrogens (tertiary/aromatic N) is 1. The van der Waals surface area contributed by atoms with Gasteiger partial charge in [0.1, 0.15) is 5.60 Å². The summed E-state index contributed by atoms with van der Waals surface area (Å²) in [4.78, 5) is 37.9. The van der Waals surface area contributed by atoms with Crippen molar-refractivity contribution in [3.8, 4) is 0 Å². The highest BCUT2D eigenvalue weighted by molar-refractivity contribution is 5.93. The minimum Gasteiger partial charge on any atom is -0.465 e. The Labute approximate surface area is 138 Å². The first-order valence-electron chi connectivity index (χ1n) is 7.49. The molecule has 2 rings (SSSR count). The van der Waals surface area contributed by atoms with Crippen molar-refractivity contribution in [1.29, 1.82) is 0 Å². The van der Waals surface area contributed by atoms with Gasteiger partial charge in [0.05, 0.1) is 23.7 Å². The number of carbonyl (C=O) groups is 2. The number of amides is 1. The van der Waals surface area contributed by atoms with Gasteiger partial charge in [0, 0.05) is 13.1 Å². The monoisotopic (exact) mass is 335 g/mol. The lowest BCUT2D eigenvalue weighted by Crippen LogP contribution is -2.35. The van der Waals surface area contributed by atoms with Crippen molar-refractivity contribution < 1.29 is 19.1 Å². The van der Waals surface area contributed by atoms with Gasteiger partial charge in [-0.1, -0.05) is 0 Å². The number of fused-ring (bicyclic) bond motifs is 1. The summed E-state index contributed by atoms with van der Waals surface area (Å²) in [5, 5.41) is 2.60. The first kappa shape index (κ1) is 17.6. The summed E-state index contributed by atoms with van der Waals surface area (Å²) < 4.78 is 11.3. The molecule has 1 heterocycles. The fourth-order valence-corrected chi connectivity index (χ4v) is 2.21. The smallest absolute Gasteiger partial charge is 0.407 e. The average Bonchev–Trinajstić information content (AvgIpc) is 2.79. The van der Waals surface area contributed by atoms with Crippen LogP contribution in [0.3, 0.4) is 0 Å². The number of imidazole rings is 1. The zero-order valence-corrected chi connectivity index (χ0v) is 14.1. The van der Waals surface area contributed by atoms with Crippen LogP contribution < -0.4 is 11.0 Å². The Morgan fingerprint density at radius 1 is 1.29 bits per heavy atom. The minimum absolute atomic E-state index is 0.237. The molecule has 130 valence electrons. The van der Waals surface area contributed by atoms with Crippen molar-refractivity contribution in [2.24, 2.45) is 0 Å². The van der Waals surface area contributed by atoms with Crippen LogP contribution in [0, 0.1) is 0 Å². The molecule has 0 unspecified atom stereocenters. The molecule has 0 atom stereocenters. The molecule has 1 aromatic carbocycles. The summed E-state index contributed by atoms with van der Waals surface area (Å²) in [6.07, 6.45) is -0.539. The number of aromatic nitrogens is 2.